The number of hydrogen-bond acceptors (Lipinski definition) is 3. The molecule has 1 atom stereocenters. The Morgan fingerprint density at radius 3 is 2.35 bits per heavy atom. The summed E-state index contributed by atoms with van der Waals surface area (Å²) in [6.07, 6.45) is -1.49. The van der Waals surface area contributed by atoms with E-state index in [4.69, 9.17) is 4.74 Å². The second-order valence-corrected chi connectivity index (χ2v) is 5.75. The van der Waals surface area contributed by atoms with Crippen LogP contribution in [0.15, 0.2) is 60.7 Å². The van der Waals surface area contributed by atoms with Crippen molar-refractivity contribution in [2.24, 2.45) is 0 Å². The minimum absolute atomic E-state index is 0.0460. The van der Waals surface area contributed by atoms with E-state index in [2.05, 4.69) is 0 Å². The lowest BCUT2D eigenvalue weighted by molar-refractivity contribution is -0.147. The minimum atomic E-state index is -1.45. The van der Waals surface area contributed by atoms with Gasteiger partial charge in [0.05, 0.1) is 5.56 Å². The molecule has 3 rings (SSSR count). The maximum absolute atomic E-state index is 13.2. The molecular weight excluding hydrogens is 342 g/mol. The van der Waals surface area contributed by atoms with Crippen LogP contribution in [0, 0.1) is 11.6 Å². The van der Waals surface area contributed by atoms with Crippen molar-refractivity contribution in [3.63, 3.8) is 0 Å². The molecule has 3 aromatic carbocycles. The van der Waals surface area contributed by atoms with E-state index in [1.165, 1.54) is 0 Å². The van der Waals surface area contributed by atoms with E-state index in [9.17, 15) is 23.5 Å². The van der Waals surface area contributed by atoms with E-state index in [-0.39, 0.29) is 12.0 Å². The number of ether oxygens (including phenoxy) is 1. The lowest BCUT2D eigenvalue weighted by atomic mass is 10.0. The lowest BCUT2D eigenvalue weighted by Crippen LogP contribution is -2.29. The van der Waals surface area contributed by atoms with Gasteiger partial charge < -0.3 is 9.84 Å². The van der Waals surface area contributed by atoms with Crippen molar-refractivity contribution in [2.45, 2.75) is 12.5 Å². The number of carboxylic acid groups (broad SMARTS) is 1. The maximum Gasteiger partial charge on any atom is 0.345 e. The Morgan fingerprint density at radius 1 is 0.923 bits per heavy atom. The molecule has 0 aromatic heterocycles. The number of fused-ring (bicyclic) bond motifs is 1. The standard InChI is InChI=1S/C20H14F2O4/c21-16-8-7-15(11-17(16)22)20(25)26-18(19(23)24)10-12-5-6-13-3-1-2-4-14(13)9-12/h1-9,11,18H,10H2,(H,23,24)/t18-/m1/s1. The molecule has 0 radical (unpaired) electrons. The molecule has 1 N–H and O–H groups in total. The fourth-order valence-electron chi connectivity index (χ4n) is 2.58. The van der Waals surface area contributed by atoms with Gasteiger partial charge in [-0.3, -0.25) is 0 Å². The number of carbonyl (C=O) groups excluding carboxylic acids is 1. The predicted octanol–water partition coefficient (Wildman–Crippen LogP) is 3.97. The number of hydrogen-bond donors (Lipinski definition) is 1. The Bertz CT molecular complexity index is 984. The topological polar surface area (TPSA) is 63.6 Å². The van der Waals surface area contributed by atoms with Crippen molar-refractivity contribution in [3.05, 3.63) is 83.4 Å². The van der Waals surface area contributed by atoms with E-state index in [0.717, 1.165) is 22.9 Å². The quantitative estimate of drug-likeness (QED) is 0.703. The average Bonchev–Trinajstić information content (AvgIpc) is 2.63. The molecule has 0 bridgehead atoms. The van der Waals surface area contributed by atoms with Crippen molar-refractivity contribution in [1.82, 2.24) is 0 Å². The normalized spacial score (nSPS) is 11.9. The highest BCUT2D eigenvalue weighted by molar-refractivity contribution is 5.91. The first kappa shape index (κ1) is 17.5. The minimum Gasteiger partial charge on any atom is -0.478 e. The van der Waals surface area contributed by atoms with E-state index >= 15 is 0 Å². The number of halogens is 2. The van der Waals surface area contributed by atoms with E-state index in [1.807, 2.05) is 36.4 Å². The van der Waals surface area contributed by atoms with Gasteiger partial charge in [-0.1, -0.05) is 42.5 Å². The van der Waals surface area contributed by atoms with Crippen LogP contribution in [0.4, 0.5) is 8.78 Å². The van der Waals surface area contributed by atoms with Crippen LogP contribution in [-0.2, 0) is 16.0 Å². The van der Waals surface area contributed by atoms with Crippen LogP contribution < -0.4 is 0 Å². The monoisotopic (exact) mass is 356 g/mol. The maximum atomic E-state index is 13.2. The Morgan fingerprint density at radius 2 is 1.65 bits per heavy atom. The summed E-state index contributed by atoms with van der Waals surface area (Å²) in [7, 11) is 0. The molecule has 0 fully saturated rings. The molecule has 132 valence electrons. The fraction of sp³-hybridized carbons (Fsp3) is 0.100. The molecule has 0 heterocycles. The van der Waals surface area contributed by atoms with Crippen LogP contribution >= 0.6 is 0 Å². The van der Waals surface area contributed by atoms with Gasteiger partial charge in [0.15, 0.2) is 11.6 Å². The molecule has 26 heavy (non-hydrogen) atoms. The highest BCUT2D eigenvalue weighted by Gasteiger charge is 2.24. The molecule has 0 saturated heterocycles. The summed E-state index contributed by atoms with van der Waals surface area (Å²) >= 11 is 0. The highest BCUT2D eigenvalue weighted by atomic mass is 19.2. The first-order chi connectivity index (χ1) is 12.4. The van der Waals surface area contributed by atoms with Gasteiger partial charge in [-0.2, -0.15) is 0 Å². The van der Waals surface area contributed by atoms with Crippen LogP contribution in [0.1, 0.15) is 15.9 Å². The molecule has 0 aliphatic rings. The number of carbonyl (C=O) groups is 2. The molecule has 3 aromatic rings. The van der Waals surface area contributed by atoms with E-state index < -0.39 is 29.7 Å². The van der Waals surface area contributed by atoms with Crippen LogP contribution in [-0.4, -0.2) is 23.1 Å². The summed E-state index contributed by atoms with van der Waals surface area (Å²) in [6, 6.07) is 15.5. The summed E-state index contributed by atoms with van der Waals surface area (Å²) in [5, 5.41) is 11.3. The summed E-state index contributed by atoms with van der Waals surface area (Å²) in [6.45, 7) is 0. The number of esters is 1. The summed E-state index contributed by atoms with van der Waals surface area (Å²) in [4.78, 5) is 23.5. The number of aliphatic carboxylic acids is 1. The van der Waals surface area contributed by atoms with Gasteiger partial charge in [0.2, 0.25) is 6.10 Å². The third-order valence-electron chi connectivity index (χ3n) is 3.92. The predicted molar refractivity (Wildman–Crippen MR) is 90.8 cm³/mol. The van der Waals surface area contributed by atoms with Crippen molar-refractivity contribution in [1.29, 1.82) is 0 Å². The summed E-state index contributed by atoms with van der Waals surface area (Å²) in [5.74, 6) is -4.67. The largest absolute Gasteiger partial charge is 0.478 e. The third-order valence-corrected chi connectivity index (χ3v) is 3.92. The van der Waals surface area contributed by atoms with Crippen LogP contribution in [0.5, 0.6) is 0 Å². The second-order valence-electron chi connectivity index (χ2n) is 5.75. The second kappa shape index (κ2) is 7.31. The Kier molecular flexibility index (Phi) is 4.93. The van der Waals surface area contributed by atoms with Crippen molar-refractivity contribution >= 4 is 22.7 Å². The Balaban J connectivity index is 1.78. The molecular formula is C20H14F2O4. The van der Waals surface area contributed by atoms with Gasteiger partial charge in [0, 0.05) is 6.42 Å². The smallest absolute Gasteiger partial charge is 0.345 e. The van der Waals surface area contributed by atoms with Crippen LogP contribution in [0.25, 0.3) is 10.8 Å². The molecule has 0 saturated carbocycles. The lowest BCUT2D eigenvalue weighted by Gasteiger charge is -2.14. The van der Waals surface area contributed by atoms with Crippen LogP contribution in [0.3, 0.4) is 0 Å². The molecule has 0 aliphatic carbocycles. The van der Waals surface area contributed by atoms with E-state index in [0.29, 0.717) is 11.6 Å². The molecule has 0 aliphatic heterocycles. The fourth-order valence-corrected chi connectivity index (χ4v) is 2.58. The summed E-state index contributed by atoms with van der Waals surface area (Å²) < 4.78 is 31.2. The molecule has 0 unspecified atom stereocenters. The third kappa shape index (κ3) is 3.85. The molecule has 0 amide bonds. The molecule has 6 heteroatoms. The average molecular weight is 356 g/mol. The number of carboxylic acids is 1. The van der Waals surface area contributed by atoms with Gasteiger partial charge >= 0.3 is 11.9 Å². The Hall–Kier alpha value is -3.28. The van der Waals surface area contributed by atoms with Gasteiger partial charge in [-0.25, -0.2) is 18.4 Å². The van der Waals surface area contributed by atoms with Gasteiger partial charge in [0.1, 0.15) is 0 Å². The van der Waals surface area contributed by atoms with Crippen LogP contribution in [0.2, 0.25) is 0 Å². The zero-order valence-corrected chi connectivity index (χ0v) is 13.5. The molecule has 4 nitrogen and oxygen atoms in total. The summed E-state index contributed by atoms with van der Waals surface area (Å²) in [5.41, 5.74) is 0.419. The zero-order chi connectivity index (χ0) is 18.7. The number of rotatable bonds is 5. The Labute approximate surface area is 147 Å². The molecule has 0 spiro atoms. The van der Waals surface area contributed by atoms with Crippen molar-refractivity contribution < 1.29 is 28.2 Å². The van der Waals surface area contributed by atoms with Crippen molar-refractivity contribution in [3.8, 4) is 0 Å². The highest BCUT2D eigenvalue weighted by Crippen LogP contribution is 2.18. The van der Waals surface area contributed by atoms with E-state index in [1.54, 1.807) is 6.07 Å². The van der Waals surface area contributed by atoms with Gasteiger partial charge in [0.25, 0.3) is 0 Å². The number of benzene rings is 3. The van der Waals surface area contributed by atoms with Crippen molar-refractivity contribution in [2.75, 3.05) is 0 Å². The van der Waals surface area contributed by atoms with Gasteiger partial charge in [-0.05, 0) is 34.5 Å². The zero-order valence-electron chi connectivity index (χ0n) is 13.5. The van der Waals surface area contributed by atoms with Gasteiger partial charge in [-0.15, -0.1) is 0 Å². The SMILES string of the molecule is O=C(O[C@H](Cc1ccc2ccccc2c1)C(=O)O)c1ccc(F)c(F)c1. The first-order valence-electron chi connectivity index (χ1n) is 7.80. The first-order valence-corrected chi connectivity index (χ1v) is 7.80.